The Kier molecular flexibility index (Phi) is 6.18. The maximum Gasteiger partial charge on any atom is 0.335 e. The lowest BCUT2D eigenvalue weighted by Gasteiger charge is -2.26. The molecule has 1 heterocycles. The largest absolute Gasteiger partial charge is 0.489 e. The molecule has 0 aliphatic carbocycles. The SMILES string of the molecule is Cc1ccccc1COc1ccc(C=C2C(=O)NC(=O)N(c3ccc(Br)cc3)C2=O)cc1. The summed E-state index contributed by atoms with van der Waals surface area (Å²) in [6.07, 6.45) is 1.46. The van der Waals surface area contributed by atoms with Crippen molar-refractivity contribution in [1.29, 1.82) is 0 Å². The molecular formula is C25H19BrN2O4. The van der Waals surface area contributed by atoms with Crippen molar-refractivity contribution in [2.45, 2.75) is 13.5 Å². The van der Waals surface area contributed by atoms with Crippen LogP contribution in [0, 0.1) is 6.92 Å². The molecule has 32 heavy (non-hydrogen) atoms. The quantitative estimate of drug-likeness (QED) is 0.403. The number of rotatable bonds is 5. The number of amides is 4. The van der Waals surface area contributed by atoms with Gasteiger partial charge in [0.15, 0.2) is 0 Å². The Hall–Kier alpha value is -3.71. The normalized spacial score (nSPS) is 15.1. The van der Waals surface area contributed by atoms with Crippen molar-refractivity contribution in [2.24, 2.45) is 0 Å². The molecule has 1 N–H and O–H groups in total. The summed E-state index contributed by atoms with van der Waals surface area (Å²) in [5, 5.41) is 2.22. The summed E-state index contributed by atoms with van der Waals surface area (Å²) in [4.78, 5) is 38.5. The molecule has 0 saturated carbocycles. The fourth-order valence-corrected chi connectivity index (χ4v) is 3.51. The molecule has 0 bridgehead atoms. The molecule has 4 rings (SSSR count). The first-order chi connectivity index (χ1) is 15.4. The fourth-order valence-electron chi connectivity index (χ4n) is 3.24. The second kappa shape index (κ2) is 9.20. The van der Waals surface area contributed by atoms with E-state index in [1.165, 1.54) is 6.08 Å². The van der Waals surface area contributed by atoms with Crippen LogP contribution in [-0.4, -0.2) is 17.8 Å². The minimum absolute atomic E-state index is 0.124. The first-order valence-corrected chi connectivity index (χ1v) is 10.7. The number of aryl methyl sites for hydroxylation is 1. The van der Waals surface area contributed by atoms with Gasteiger partial charge in [-0.05, 0) is 66.1 Å². The van der Waals surface area contributed by atoms with Crippen molar-refractivity contribution in [1.82, 2.24) is 5.32 Å². The number of carbonyl (C=O) groups excluding carboxylic acids is 3. The van der Waals surface area contributed by atoms with Crippen molar-refractivity contribution in [3.05, 3.63) is 99.5 Å². The maximum absolute atomic E-state index is 12.9. The summed E-state index contributed by atoms with van der Waals surface area (Å²) in [5.74, 6) is -0.740. The van der Waals surface area contributed by atoms with Crippen molar-refractivity contribution < 1.29 is 19.1 Å². The number of carbonyl (C=O) groups is 3. The molecule has 3 aromatic rings. The highest BCUT2D eigenvalue weighted by Crippen LogP contribution is 2.24. The molecule has 6 nitrogen and oxygen atoms in total. The van der Waals surface area contributed by atoms with E-state index < -0.39 is 17.8 Å². The molecule has 1 aliphatic rings. The van der Waals surface area contributed by atoms with E-state index in [1.54, 1.807) is 48.5 Å². The van der Waals surface area contributed by atoms with Crippen LogP contribution < -0.4 is 15.0 Å². The molecule has 0 radical (unpaired) electrons. The number of benzene rings is 3. The Morgan fingerprint density at radius 2 is 1.62 bits per heavy atom. The molecule has 0 aromatic heterocycles. The summed E-state index contributed by atoms with van der Waals surface area (Å²) < 4.78 is 6.64. The van der Waals surface area contributed by atoms with Gasteiger partial charge in [-0.25, -0.2) is 9.69 Å². The van der Waals surface area contributed by atoms with Crippen LogP contribution in [0.5, 0.6) is 5.75 Å². The third-order valence-corrected chi connectivity index (χ3v) is 5.56. The van der Waals surface area contributed by atoms with E-state index in [9.17, 15) is 14.4 Å². The lowest BCUT2D eigenvalue weighted by atomic mass is 10.1. The minimum atomic E-state index is -0.778. The molecule has 3 aromatic carbocycles. The highest BCUT2D eigenvalue weighted by molar-refractivity contribution is 9.10. The number of nitrogens with one attached hydrogen (secondary N) is 1. The first kappa shape index (κ1) is 21.5. The second-order valence-corrected chi connectivity index (χ2v) is 8.13. The van der Waals surface area contributed by atoms with Gasteiger partial charge in [0.25, 0.3) is 11.8 Å². The third kappa shape index (κ3) is 4.63. The van der Waals surface area contributed by atoms with Gasteiger partial charge in [0.2, 0.25) is 0 Å². The van der Waals surface area contributed by atoms with Crippen LogP contribution in [-0.2, 0) is 16.2 Å². The van der Waals surface area contributed by atoms with Crippen LogP contribution in [0.3, 0.4) is 0 Å². The van der Waals surface area contributed by atoms with E-state index in [0.717, 1.165) is 20.5 Å². The van der Waals surface area contributed by atoms with Crippen molar-refractivity contribution in [3.8, 4) is 5.75 Å². The van der Waals surface area contributed by atoms with Crippen molar-refractivity contribution >= 4 is 45.5 Å². The fraction of sp³-hybridized carbons (Fsp3) is 0.0800. The topological polar surface area (TPSA) is 75.7 Å². The van der Waals surface area contributed by atoms with Crippen molar-refractivity contribution in [3.63, 3.8) is 0 Å². The molecule has 4 amide bonds. The average molecular weight is 491 g/mol. The lowest BCUT2D eigenvalue weighted by Crippen LogP contribution is -2.54. The number of ether oxygens (including phenoxy) is 1. The minimum Gasteiger partial charge on any atom is -0.489 e. The van der Waals surface area contributed by atoms with E-state index in [1.807, 2.05) is 31.2 Å². The number of hydrogen-bond acceptors (Lipinski definition) is 4. The third-order valence-electron chi connectivity index (χ3n) is 5.03. The number of halogens is 1. The van der Waals surface area contributed by atoms with E-state index >= 15 is 0 Å². The predicted octanol–water partition coefficient (Wildman–Crippen LogP) is 5.00. The first-order valence-electron chi connectivity index (χ1n) is 9.87. The predicted molar refractivity (Wildman–Crippen MR) is 125 cm³/mol. The van der Waals surface area contributed by atoms with Gasteiger partial charge in [-0.2, -0.15) is 0 Å². The molecule has 0 atom stereocenters. The Morgan fingerprint density at radius 3 is 2.31 bits per heavy atom. The number of nitrogens with zero attached hydrogens (tertiary/aromatic N) is 1. The summed E-state index contributed by atoms with van der Waals surface area (Å²) >= 11 is 3.32. The molecule has 1 aliphatic heterocycles. The zero-order valence-electron chi connectivity index (χ0n) is 17.2. The van der Waals surface area contributed by atoms with Gasteiger partial charge in [0.05, 0.1) is 5.69 Å². The number of imide groups is 2. The number of barbiturate groups is 1. The Morgan fingerprint density at radius 1 is 0.938 bits per heavy atom. The highest BCUT2D eigenvalue weighted by atomic mass is 79.9. The molecule has 0 spiro atoms. The van der Waals surface area contributed by atoms with Gasteiger partial charge in [-0.3, -0.25) is 14.9 Å². The molecule has 1 saturated heterocycles. The van der Waals surface area contributed by atoms with Gasteiger partial charge in [-0.15, -0.1) is 0 Å². The summed E-state index contributed by atoms with van der Waals surface area (Å²) in [7, 11) is 0. The van der Waals surface area contributed by atoms with Gasteiger partial charge in [-0.1, -0.05) is 52.3 Å². The van der Waals surface area contributed by atoms with E-state index in [2.05, 4.69) is 21.2 Å². The number of urea groups is 1. The van der Waals surface area contributed by atoms with Gasteiger partial charge >= 0.3 is 6.03 Å². The van der Waals surface area contributed by atoms with E-state index in [4.69, 9.17) is 4.74 Å². The summed E-state index contributed by atoms with van der Waals surface area (Å²) in [6.45, 7) is 2.47. The average Bonchev–Trinajstić information content (AvgIpc) is 2.78. The van der Waals surface area contributed by atoms with Crippen LogP contribution in [0.4, 0.5) is 10.5 Å². The molecule has 7 heteroatoms. The van der Waals surface area contributed by atoms with Gasteiger partial charge in [0, 0.05) is 4.47 Å². The van der Waals surface area contributed by atoms with Crippen LogP contribution in [0.25, 0.3) is 6.08 Å². The van der Waals surface area contributed by atoms with Crippen LogP contribution in [0.2, 0.25) is 0 Å². The van der Waals surface area contributed by atoms with Crippen LogP contribution in [0.15, 0.2) is 82.8 Å². The summed E-state index contributed by atoms with van der Waals surface area (Å²) in [5.41, 5.74) is 3.13. The molecule has 1 fully saturated rings. The Bertz CT molecular complexity index is 1220. The smallest absolute Gasteiger partial charge is 0.335 e. The van der Waals surface area contributed by atoms with Gasteiger partial charge in [0.1, 0.15) is 17.9 Å². The molecular weight excluding hydrogens is 472 g/mol. The maximum atomic E-state index is 12.9. The second-order valence-electron chi connectivity index (χ2n) is 7.22. The van der Waals surface area contributed by atoms with Crippen molar-refractivity contribution in [2.75, 3.05) is 4.90 Å². The van der Waals surface area contributed by atoms with Gasteiger partial charge < -0.3 is 4.74 Å². The number of anilines is 1. The molecule has 0 unspecified atom stereocenters. The standard InChI is InChI=1S/C25H19BrN2O4/c1-16-4-2-3-5-18(16)15-32-21-12-6-17(7-13-21)14-22-23(29)27-25(31)28(24(22)30)20-10-8-19(26)9-11-20/h2-14H,15H2,1H3,(H,27,29,31). The lowest BCUT2D eigenvalue weighted by molar-refractivity contribution is -0.122. The van der Waals surface area contributed by atoms with E-state index in [-0.39, 0.29) is 5.57 Å². The van der Waals surface area contributed by atoms with E-state index in [0.29, 0.717) is 23.6 Å². The Balaban J connectivity index is 1.52. The summed E-state index contributed by atoms with van der Waals surface area (Å²) in [6, 6.07) is 20.9. The van der Waals surface area contributed by atoms with Crippen LogP contribution >= 0.6 is 15.9 Å². The zero-order valence-corrected chi connectivity index (χ0v) is 18.8. The number of hydrogen-bond donors (Lipinski definition) is 1. The zero-order chi connectivity index (χ0) is 22.7. The molecule has 160 valence electrons. The van der Waals surface area contributed by atoms with Crippen LogP contribution in [0.1, 0.15) is 16.7 Å². The Labute approximate surface area is 193 Å². The monoisotopic (exact) mass is 490 g/mol. The highest BCUT2D eigenvalue weighted by Gasteiger charge is 2.36.